The van der Waals surface area contributed by atoms with Crippen molar-refractivity contribution in [2.24, 2.45) is 0 Å². The van der Waals surface area contributed by atoms with Crippen LogP contribution in [-0.4, -0.2) is 0 Å². The first kappa shape index (κ1) is 22.8. The predicted molar refractivity (Wildman–Crippen MR) is 114 cm³/mol. The zero-order valence-electron chi connectivity index (χ0n) is 17.3. The summed E-state index contributed by atoms with van der Waals surface area (Å²) >= 11 is 0. The van der Waals surface area contributed by atoms with Crippen molar-refractivity contribution in [3.8, 4) is 6.07 Å². The smallest absolute Gasteiger partial charge is 0.0994 e. The lowest BCUT2D eigenvalue weighted by molar-refractivity contribution is 0.529. The Balaban J connectivity index is 1.81. The molecule has 0 aliphatic carbocycles. The van der Waals surface area contributed by atoms with Crippen molar-refractivity contribution in [2.45, 2.75) is 116 Å². The van der Waals surface area contributed by atoms with Gasteiger partial charge in [-0.1, -0.05) is 121 Å². The molecule has 0 bridgehead atoms. The van der Waals surface area contributed by atoms with Crippen LogP contribution in [0, 0.1) is 11.3 Å². The topological polar surface area (TPSA) is 23.8 Å². The Morgan fingerprint density at radius 3 is 1.50 bits per heavy atom. The van der Waals surface area contributed by atoms with Gasteiger partial charge >= 0.3 is 0 Å². The van der Waals surface area contributed by atoms with Crippen LogP contribution < -0.4 is 0 Å². The van der Waals surface area contributed by atoms with Gasteiger partial charge in [0.05, 0.1) is 11.6 Å². The van der Waals surface area contributed by atoms with Gasteiger partial charge in [0.15, 0.2) is 0 Å². The summed E-state index contributed by atoms with van der Waals surface area (Å²) in [5.41, 5.74) is 2.08. The highest BCUT2D eigenvalue weighted by Gasteiger charge is 2.00. The number of nitrogens with zero attached hydrogens (tertiary/aromatic N) is 1. The van der Waals surface area contributed by atoms with E-state index >= 15 is 0 Å². The fraction of sp³-hybridized carbons (Fsp3) is 0.720. The van der Waals surface area contributed by atoms with Crippen LogP contribution in [0.25, 0.3) is 0 Å². The molecule has 0 spiro atoms. The van der Waals surface area contributed by atoms with E-state index in [0.29, 0.717) is 0 Å². The van der Waals surface area contributed by atoms with Crippen LogP contribution in [0.2, 0.25) is 0 Å². The van der Waals surface area contributed by atoms with E-state index < -0.39 is 0 Å². The maximum Gasteiger partial charge on any atom is 0.0994 e. The average molecular weight is 356 g/mol. The molecule has 0 saturated carbocycles. The second-order valence-electron chi connectivity index (χ2n) is 7.82. The highest BCUT2D eigenvalue weighted by molar-refractivity contribution is 5.37. The van der Waals surface area contributed by atoms with Crippen LogP contribution in [0.3, 0.4) is 0 Å². The van der Waals surface area contributed by atoms with Gasteiger partial charge < -0.3 is 0 Å². The molecule has 0 aliphatic rings. The fourth-order valence-electron chi connectivity index (χ4n) is 3.71. The van der Waals surface area contributed by atoms with Gasteiger partial charge in [-0.2, -0.15) is 5.26 Å². The first-order chi connectivity index (χ1) is 12.9. The van der Waals surface area contributed by atoms with Crippen molar-refractivity contribution >= 4 is 0 Å². The van der Waals surface area contributed by atoms with Crippen LogP contribution in [0.15, 0.2) is 24.3 Å². The van der Waals surface area contributed by atoms with E-state index in [1.54, 1.807) is 0 Å². The second-order valence-corrected chi connectivity index (χ2v) is 7.82. The maximum atomic E-state index is 9.10. The van der Waals surface area contributed by atoms with Crippen LogP contribution in [-0.2, 0) is 6.42 Å². The van der Waals surface area contributed by atoms with Crippen molar-refractivity contribution < 1.29 is 0 Å². The van der Waals surface area contributed by atoms with Crippen molar-refractivity contribution in [2.75, 3.05) is 0 Å². The van der Waals surface area contributed by atoms with E-state index in [1.807, 2.05) is 18.2 Å². The quantitative estimate of drug-likeness (QED) is 0.257. The minimum Gasteiger partial charge on any atom is -0.192 e. The highest BCUT2D eigenvalue weighted by Crippen LogP contribution is 2.15. The number of hydrogen-bond acceptors (Lipinski definition) is 1. The van der Waals surface area contributed by atoms with Gasteiger partial charge in [0.2, 0.25) is 0 Å². The summed E-state index contributed by atoms with van der Waals surface area (Å²) in [6, 6.07) is 10.3. The normalized spacial score (nSPS) is 10.8. The summed E-state index contributed by atoms with van der Waals surface area (Å²) in [5, 5.41) is 9.10. The Labute approximate surface area is 163 Å². The van der Waals surface area contributed by atoms with Crippen LogP contribution in [0.5, 0.6) is 0 Å². The maximum absolute atomic E-state index is 9.10. The van der Waals surface area contributed by atoms with E-state index in [4.69, 9.17) is 5.26 Å². The number of hydrogen-bond donors (Lipinski definition) is 0. The number of aryl methyl sites for hydroxylation is 1. The lowest BCUT2D eigenvalue weighted by Gasteiger charge is -2.05. The second kappa shape index (κ2) is 17.1. The minimum atomic E-state index is 0.855. The predicted octanol–water partition coefficient (Wildman–Crippen LogP) is 8.36. The molecule has 1 aromatic rings. The number of nitriles is 1. The third kappa shape index (κ3) is 12.1. The van der Waals surface area contributed by atoms with E-state index in [2.05, 4.69) is 19.1 Å². The molecule has 0 fully saturated rings. The van der Waals surface area contributed by atoms with Gasteiger partial charge in [-0.05, 0) is 24.5 Å². The first-order valence-corrected chi connectivity index (χ1v) is 11.4. The molecule has 0 aromatic heterocycles. The summed E-state index contributed by atoms with van der Waals surface area (Å²) in [6.07, 6.45) is 23.5. The third-order valence-corrected chi connectivity index (χ3v) is 5.44. The molecule has 1 rings (SSSR count). The Morgan fingerprint density at radius 1 is 0.615 bits per heavy atom. The number of rotatable bonds is 17. The molecule has 1 aromatic carbocycles. The van der Waals surface area contributed by atoms with Gasteiger partial charge in [-0.3, -0.25) is 0 Å². The largest absolute Gasteiger partial charge is 0.192 e. The molecule has 0 atom stereocenters. The van der Waals surface area contributed by atoms with Gasteiger partial charge in [0.1, 0.15) is 0 Å². The molecule has 26 heavy (non-hydrogen) atoms. The zero-order chi connectivity index (χ0) is 18.7. The van der Waals surface area contributed by atoms with Gasteiger partial charge in [0, 0.05) is 0 Å². The van der Waals surface area contributed by atoms with Crippen molar-refractivity contribution in [3.63, 3.8) is 0 Å². The van der Waals surface area contributed by atoms with Gasteiger partial charge in [0.25, 0.3) is 0 Å². The average Bonchev–Trinajstić information content (AvgIpc) is 2.68. The summed E-state index contributed by atoms with van der Waals surface area (Å²) in [6.45, 7) is 2.29. The lowest BCUT2D eigenvalue weighted by Crippen LogP contribution is -1.90. The zero-order valence-corrected chi connectivity index (χ0v) is 17.3. The number of unbranched alkanes of at least 4 members (excludes halogenated alkanes) is 15. The fourth-order valence-corrected chi connectivity index (χ4v) is 3.71. The van der Waals surface area contributed by atoms with Crippen LogP contribution in [0.1, 0.15) is 121 Å². The molecule has 1 nitrogen and oxygen atoms in total. The molecule has 0 amide bonds. The third-order valence-electron chi connectivity index (χ3n) is 5.44. The molecule has 1 heteroatoms. The number of benzene rings is 1. The summed E-state index contributed by atoms with van der Waals surface area (Å²) in [4.78, 5) is 0. The van der Waals surface area contributed by atoms with Crippen molar-refractivity contribution in [1.29, 1.82) is 5.26 Å². The van der Waals surface area contributed by atoms with E-state index in [0.717, 1.165) is 12.0 Å². The van der Waals surface area contributed by atoms with Crippen molar-refractivity contribution in [3.05, 3.63) is 35.4 Å². The molecule has 0 N–H and O–H groups in total. The van der Waals surface area contributed by atoms with Crippen molar-refractivity contribution in [1.82, 2.24) is 0 Å². The molecule has 146 valence electrons. The van der Waals surface area contributed by atoms with E-state index in [9.17, 15) is 0 Å². The SMILES string of the molecule is CCCCCCCCCCCCCCCCCCc1ccccc1C#N. The first-order valence-electron chi connectivity index (χ1n) is 11.4. The highest BCUT2D eigenvalue weighted by atomic mass is 14.2. The van der Waals surface area contributed by atoms with Gasteiger partial charge in [-0.15, -0.1) is 0 Å². The van der Waals surface area contributed by atoms with Crippen LogP contribution in [0.4, 0.5) is 0 Å². The Hall–Kier alpha value is -1.29. The lowest BCUT2D eigenvalue weighted by atomic mass is 10.0. The molecular formula is C25H41N. The molecule has 0 saturated heterocycles. The molecule has 0 unspecified atom stereocenters. The molecular weight excluding hydrogens is 314 g/mol. The standard InChI is InChI=1S/C25H41N/c1-2-3-4-5-6-7-8-9-10-11-12-13-14-15-16-17-20-24-21-18-19-22-25(24)23-26/h18-19,21-22H,2-17,20H2,1H3. The summed E-state index contributed by atoms with van der Waals surface area (Å²) < 4.78 is 0. The molecule has 0 heterocycles. The van der Waals surface area contributed by atoms with Gasteiger partial charge in [-0.25, -0.2) is 0 Å². The van der Waals surface area contributed by atoms with E-state index in [1.165, 1.54) is 108 Å². The van der Waals surface area contributed by atoms with E-state index in [-0.39, 0.29) is 0 Å². The van der Waals surface area contributed by atoms with Crippen LogP contribution >= 0.6 is 0 Å². The Bertz CT molecular complexity index is 471. The minimum absolute atomic E-state index is 0.855. The Kier molecular flexibility index (Phi) is 15.0. The Morgan fingerprint density at radius 2 is 1.04 bits per heavy atom. The molecule has 0 aliphatic heterocycles. The molecule has 0 radical (unpaired) electrons. The summed E-state index contributed by atoms with van der Waals surface area (Å²) in [5.74, 6) is 0. The monoisotopic (exact) mass is 355 g/mol. The summed E-state index contributed by atoms with van der Waals surface area (Å²) in [7, 11) is 0.